The quantitative estimate of drug-likeness (QED) is 0.558. The Kier molecular flexibility index (Phi) is 1.71. The van der Waals surface area contributed by atoms with E-state index >= 15 is 0 Å². The summed E-state index contributed by atoms with van der Waals surface area (Å²) in [5.74, 6) is 1.03. The van der Waals surface area contributed by atoms with Crippen LogP contribution in [0.25, 0.3) is 0 Å². The first-order valence-electron chi connectivity index (χ1n) is 4.97. The Balaban J connectivity index is 2.11. The molecule has 1 saturated heterocycles. The summed E-state index contributed by atoms with van der Waals surface area (Å²) < 4.78 is 0. The standard InChI is InChI=1S/C10H19N/c1-7(2)11-8(3)9-4-5-10(11)6-9/h7-10H,4-6H2,1-3H3/t8-,9?,10?/m1/s1. The number of hydrogen-bond acceptors (Lipinski definition) is 1. The molecule has 0 radical (unpaired) electrons. The monoisotopic (exact) mass is 153 g/mol. The molecule has 2 unspecified atom stereocenters. The Morgan fingerprint density at radius 1 is 1.27 bits per heavy atom. The van der Waals surface area contributed by atoms with Gasteiger partial charge in [0.25, 0.3) is 0 Å². The zero-order valence-corrected chi connectivity index (χ0v) is 7.88. The first kappa shape index (κ1) is 7.60. The van der Waals surface area contributed by atoms with Crippen LogP contribution in [0.5, 0.6) is 0 Å². The third kappa shape index (κ3) is 1.01. The largest absolute Gasteiger partial charge is 0.295 e. The Morgan fingerprint density at radius 2 is 2.00 bits per heavy atom. The minimum Gasteiger partial charge on any atom is -0.295 e. The molecule has 1 heteroatoms. The van der Waals surface area contributed by atoms with Crippen molar-refractivity contribution in [3.63, 3.8) is 0 Å². The maximum Gasteiger partial charge on any atom is 0.0104 e. The highest BCUT2D eigenvalue weighted by Crippen LogP contribution is 2.42. The predicted molar refractivity (Wildman–Crippen MR) is 47.6 cm³/mol. The molecule has 1 saturated carbocycles. The van der Waals surface area contributed by atoms with E-state index in [1.54, 1.807) is 0 Å². The van der Waals surface area contributed by atoms with Crippen molar-refractivity contribution >= 4 is 0 Å². The van der Waals surface area contributed by atoms with Crippen LogP contribution >= 0.6 is 0 Å². The molecule has 1 aliphatic carbocycles. The van der Waals surface area contributed by atoms with E-state index in [4.69, 9.17) is 0 Å². The van der Waals surface area contributed by atoms with Gasteiger partial charge in [-0.1, -0.05) is 0 Å². The molecule has 1 heterocycles. The molecule has 1 nitrogen and oxygen atoms in total. The van der Waals surface area contributed by atoms with Crippen LogP contribution in [0.4, 0.5) is 0 Å². The van der Waals surface area contributed by atoms with Crippen molar-refractivity contribution < 1.29 is 0 Å². The van der Waals surface area contributed by atoms with Crippen molar-refractivity contribution in [1.82, 2.24) is 4.90 Å². The molecular weight excluding hydrogens is 134 g/mol. The number of fused-ring (bicyclic) bond motifs is 2. The lowest BCUT2D eigenvalue weighted by atomic mass is 9.99. The Morgan fingerprint density at radius 3 is 2.36 bits per heavy atom. The maximum atomic E-state index is 2.72. The van der Waals surface area contributed by atoms with Crippen LogP contribution in [-0.2, 0) is 0 Å². The number of nitrogens with zero attached hydrogens (tertiary/aromatic N) is 1. The highest BCUT2D eigenvalue weighted by atomic mass is 15.2. The zero-order chi connectivity index (χ0) is 8.01. The highest BCUT2D eigenvalue weighted by Gasteiger charge is 2.43. The molecule has 2 rings (SSSR count). The van der Waals surface area contributed by atoms with Gasteiger partial charge in [0, 0.05) is 18.1 Å². The number of hydrogen-bond donors (Lipinski definition) is 0. The summed E-state index contributed by atoms with van der Waals surface area (Å²) in [6.07, 6.45) is 4.45. The van der Waals surface area contributed by atoms with Crippen LogP contribution in [0.15, 0.2) is 0 Å². The van der Waals surface area contributed by atoms with E-state index in [1.807, 2.05) is 0 Å². The van der Waals surface area contributed by atoms with Crippen LogP contribution in [-0.4, -0.2) is 23.0 Å². The smallest absolute Gasteiger partial charge is 0.0104 e. The average Bonchev–Trinajstić information content (AvgIpc) is 2.44. The summed E-state index contributed by atoms with van der Waals surface area (Å²) in [5, 5.41) is 0. The normalized spacial score (nSPS) is 44.2. The van der Waals surface area contributed by atoms with Gasteiger partial charge in [0.05, 0.1) is 0 Å². The zero-order valence-electron chi connectivity index (χ0n) is 7.88. The summed E-state index contributed by atoms with van der Waals surface area (Å²) >= 11 is 0. The molecule has 64 valence electrons. The Bertz CT molecular complexity index is 151. The molecule has 3 atom stereocenters. The fourth-order valence-corrected chi connectivity index (χ4v) is 3.17. The topological polar surface area (TPSA) is 3.24 Å². The van der Waals surface area contributed by atoms with Gasteiger partial charge in [-0.05, 0) is 46.0 Å². The second-order valence-electron chi connectivity index (χ2n) is 4.51. The third-order valence-corrected chi connectivity index (χ3v) is 3.62. The van der Waals surface area contributed by atoms with Gasteiger partial charge in [0.15, 0.2) is 0 Å². The molecule has 2 bridgehead atoms. The lowest BCUT2D eigenvalue weighted by molar-refractivity contribution is 0.114. The molecule has 0 aromatic rings. The van der Waals surface area contributed by atoms with E-state index in [2.05, 4.69) is 25.7 Å². The van der Waals surface area contributed by atoms with Crippen LogP contribution in [0.3, 0.4) is 0 Å². The molecule has 0 amide bonds. The maximum absolute atomic E-state index is 2.72. The van der Waals surface area contributed by atoms with Gasteiger partial charge in [0.1, 0.15) is 0 Å². The van der Waals surface area contributed by atoms with Crippen LogP contribution in [0.2, 0.25) is 0 Å². The summed E-state index contributed by atoms with van der Waals surface area (Å²) in [7, 11) is 0. The lowest BCUT2D eigenvalue weighted by Gasteiger charge is -2.36. The summed E-state index contributed by atoms with van der Waals surface area (Å²) in [6, 6.07) is 2.57. The van der Waals surface area contributed by atoms with Gasteiger partial charge >= 0.3 is 0 Å². The van der Waals surface area contributed by atoms with E-state index in [-0.39, 0.29) is 0 Å². The Labute approximate surface area is 69.8 Å². The number of likely N-dealkylation sites (tertiary alicyclic amines) is 1. The van der Waals surface area contributed by atoms with Crippen LogP contribution < -0.4 is 0 Å². The first-order valence-corrected chi connectivity index (χ1v) is 4.97. The average molecular weight is 153 g/mol. The molecule has 2 aliphatic rings. The molecule has 11 heavy (non-hydrogen) atoms. The van der Waals surface area contributed by atoms with Crippen LogP contribution in [0, 0.1) is 5.92 Å². The van der Waals surface area contributed by atoms with Gasteiger partial charge in [-0.2, -0.15) is 0 Å². The van der Waals surface area contributed by atoms with Crippen molar-refractivity contribution in [2.45, 2.75) is 58.2 Å². The van der Waals surface area contributed by atoms with E-state index in [0.717, 1.165) is 24.0 Å². The van der Waals surface area contributed by atoms with E-state index in [1.165, 1.54) is 19.3 Å². The molecule has 0 spiro atoms. The van der Waals surface area contributed by atoms with Gasteiger partial charge in [-0.3, -0.25) is 4.90 Å². The molecule has 0 N–H and O–H groups in total. The minimum atomic E-state index is 0.764. The van der Waals surface area contributed by atoms with Crippen molar-refractivity contribution in [3.05, 3.63) is 0 Å². The molecule has 0 aromatic carbocycles. The second kappa shape index (κ2) is 2.48. The van der Waals surface area contributed by atoms with Crippen molar-refractivity contribution in [1.29, 1.82) is 0 Å². The molecular formula is C10H19N. The van der Waals surface area contributed by atoms with E-state index in [0.29, 0.717) is 0 Å². The lowest BCUT2D eigenvalue weighted by Crippen LogP contribution is -2.43. The van der Waals surface area contributed by atoms with Gasteiger partial charge in [-0.15, -0.1) is 0 Å². The summed E-state index contributed by atoms with van der Waals surface area (Å²) in [6.45, 7) is 7.07. The summed E-state index contributed by atoms with van der Waals surface area (Å²) in [5.41, 5.74) is 0. The third-order valence-electron chi connectivity index (χ3n) is 3.62. The van der Waals surface area contributed by atoms with Crippen molar-refractivity contribution in [2.24, 2.45) is 5.92 Å². The summed E-state index contributed by atoms with van der Waals surface area (Å²) in [4.78, 5) is 2.72. The second-order valence-corrected chi connectivity index (χ2v) is 4.51. The Hall–Kier alpha value is -0.0400. The highest BCUT2D eigenvalue weighted by molar-refractivity contribution is 4.98. The van der Waals surface area contributed by atoms with E-state index < -0.39 is 0 Å². The SMILES string of the molecule is CC(C)N1C2CCC(C2)[C@H]1C. The minimum absolute atomic E-state index is 0.764. The molecule has 0 aromatic heterocycles. The number of rotatable bonds is 1. The van der Waals surface area contributed by atoms with Crippen molar-refractivity contribution in [2.75, 3.05) is 0 Å². The predicted octanol–water partition coefficient (Wildman–Crippen LogP) is 2.27. The van der Waals surface area contributed by atoms with Gasteiger partial charge < -0.3 is 0 Å². The fraction of sp³-hybridized carbons (Fsp3) is 1.00. The molecule has 2 fully saturated rings. The number of piperidine rings is 1. The first-order chi connectivity index (χ1) is 5.20. The fourth-order valence-electron chi connectivity index (χ4n) is 3.17. The van der Waals surface area contributed by atoms with Gasteiger partial charge in [0.2, 0.25) is 0 Å². The van der Waals surface area contributed by atoms with Gasteiger partial charge in [-0.25, -0.2) is 0 Å². The van der Waals surface area contributed by atoms with E-state index in [9.17, 15) is 0 Å². The van der Waals surface area contributed by atoms with Crippen molar-refractivity contribution in [3.8, 4) is 0 Å². The molecule has 1 aliphatic heterocycles. The van der Waals surface area contributed by atoms with Crippen LogP contribution in [0.1, 0.15) is 40.0 Å².